The SMILES string of the molecule is CC.CC(C)(C)C.CCl.Cc1ccc2nc(/C=C/C(=O)OC(=O)C(C)(C)C)ccc2c1. The van der Waals surface area contributed by atoms with Crippen LogP contribution in [0.4, 0.5) is 0 Å². The predicted octanol–water partition coefficient (Wildman–Crippen LogP) is 7.61. The van der Waals surface area contributed by atoms with E-state index in [9.17, 15) is 9.59 Å². The molecule has 174 valence electrons. The van der Waals surface area contributed by atoms with Gasteiger partial charge in [-0.25, -0.2) is 9.78 Å². The minimum Gasteiger partial charge on any atom is -0.389 e. The summed E-state index contributed by atoms with van der Waals surface area (Å²) >= 11 is 4.64. The second kappa shape index (κ2) is 14.7. The number of rotatable bonds is 2. The van der Waals surface area contributed by atoms with Crippen LogP contribution in [0.25, 0.3) is 17.0 Å². The highest BCUT2D eigenvalue weighted by Gasteiger charge is 2.24. The Hall–Kier alpha value is -2.20. The second-order valence-corrected chi connectivity index (χ2v) is 9.22. The van der Waals surface area contributed by atoms with Gasteiger partial charge in [0.05, 0.1) is 16.6 Å². The smallest absolute Gasteiger partial charge is 0.338 e. The van der Waals surface area contributed by atoms with Gasteiger partial charge in [-0.1, -0.05) is 59.2 Å². The topological polar surface area (TPSA) is 56.3 Å². The van der Waals surface area contributed by atoms with E-state index in [0.717, 1.165) is 10.9 Å². The van der Waals surface area contributed by atoms with Crippen molar-refractivity contribution in [2.45, 2.75) is 69.2 Å². The van der Waals surface area contributed by atoms with Gasteiger partial charge >= 0.3 is 11.9 Å². The Morgan fingerprint density at radius 1 is 0.935 bits per heavy atom. The van der Waals surface area contributed by atoms with Crippen molar-refractivity contribution in [1.82, 2.24) is 4.98 Å². The van der Waals surface area contributed by atoms with Gasteiger partial charge in [-0.15, -0.1) is 11.6 Å². The lowest BCUT2D eigenvalue weighted by Gasteiger charge is -2.14. The van der Waals surface area contributed by atoms with Gasteiger partial charge in [0, 0.05) is 17.8 Å². The van der Waals surface area contributed by atoms with Crippen LogP contribution in [0.2, 0.25) is 0 Å². The normalized spacial score (nSPS) is 10.7. The van der Waals surface area contributed by atoms with E-state index in [-0.39, 0.29) is 0 Å². The third-order valence-corrected chi connectivity index (χ3v) is 3.06. The zero-order chi connectivity index (χ0) is 24.8. The minimum absolute atomic E-state index is 0.500. The zero-order valence-electron chi connectivity index (χ0n) is 21.1. The molecule has 0 spiro atoms. The van der Waals surface area contributed by atoms with Crippen LogP contribution in [-0.4, -0.2) is 23.3 Å². The van der Waals surface area contributed by atoms with Crippen LogP contribution >= 0.6 is 11.6 Å². The Morgan fingerprint density at radius 3 is 1.94 bits per heavy atom. The summed E-state index contributed by atoms with van der Waals surface area (Å²) < 4.78 is 4.75. The molecule has 0 fully saturated rings. The van der Waals surface area contributed by atoms with Gasteiger partial charge in [-0.05, 0) is 57.4 Å². The van der Waals surface area contributed by atoms with Crippen molar-refractivity contribution in [2.24, 2.45) is 10.8 Å². The van der Waals surface area contributed by atoms with Gasteiger partial charge < -0.3 is 4.74 Å². The summed E-state index contributed by atoms with van der Waals surface area (Å²) in [7, 11) is 0. The van der Waals surface area contributed by atoms with E-state index in [0.29, 0.717) is 11.1 Å². The Morgan fingerprint density at radius 2 is 1.45 bits per heavy atom. The van der Waals surface area contributed by atoms with Crippen molar-refractivity contribution >= 4 is 40.5 Å². The maximum atomic E-state index is 11.6. The van der Waals surface area contributed by atoms with E-state index in [1.165, 1.54) is 24.1 Å². The fraction of sp³-hybridized carbons (Fsp3) is 0.500. The third kappa shape index (κ3) is 15.3. The molecular formula is C26H40ClNO3. The third-order valence-electron chi connectivity index (χ3n) is 3.06. The van der Waals surface area contributed by atoms with Crippen LogP contribution in [0.15, 0.2) is 36.4 Å². The van der Waals surface area contributed by atoms with E-state index in [4.69, 9.17) is 4.74 Å². The molecule has 31 heavy (non-hydrogen) atoms. The minimum atomic E-state index is -0.706. The maximum Gasteiger partial charge on any atom is 0.338 e. The van der Waals surface area contributed by atoms with E-state index < -0.39 is 17.4 Å². The molecular weight excluding hydrogens is 410 g/mol. The lowest BCUT2D eigenvalue weighted by atomic mass is 9.97. The first-order valence-corrected chi connectivity index (χ1v) is 11.2. The highest BCUT2D eigenvalue weighted by molar-refractivity contribution is 6.15. The molecule has 4 nitrogen and oxygen atoms in total. The first-order chi connectivity index (χ1) is 14.3. The number of fused-ring (bicyclic) bond motifs is 1. The van der Waals surface area contributed by atoms with Crippen molar-refractivity contribution in [3.63, 3.8) is 0 Å². The van der Waals surface area contributed by atoms with Crippen LogP contribution < -0.4 is 0 Å². The number of carbonyl (C=O) groups is 2. The van der Waals surface area contributed by atoms with Crippen molar-refractivity contribution in [3.8, 4) is 0 Å². The van der Waals surface area contributed by atoms with Gasteiger partial charge in [-0.2, -0.15) is 0 Å². The van der Waals surface area contributed by atoms with Crippen molar-refractivity contribution < 1.29 is 14.3 Å². The summed E-state index contributed by atoms with van der Waals surface area (Å²) in [6.07, 6.45) is 4.23. The number of benzene rings is 1. The summed E-state index contributed by atoms with van der Waals surface area (Å²) in [5.41, 5.74) is 2.45. The Bertz CT molecular complexity index is 838. The Kier molecular flexibility index (Phi) is 14.7. The average molecular weight is 450 g/mol. The van der Waals surface area contributed by atoms with Crippen molar-refractivity contribution in [1.29, 1.82) is 0 Å². The summed E-state index contributed by atoms with van der Waals surface area (Å²) in [5.74, 6) is -1.24. The van der Waals surface area contributed by atoms with Gasteiger partial charge in [-0.3, -0.25) is 4.79 Å². The Labute approximate surface area is 194 Å². The predicted molar refractivity (Wildman–Crippen MR) is 134 cm³/mol. The molecule has 0 radical (unpaired) electrons. The number of hydrogen-bond acceptors (Lipinski definition) is 4. The molecule has 0 bridgehead atoms. The van der Waals surface area contributed by atoms with Crippen LogP contribution in [0.1, 0.15) is 73.6 Å². The molecule has 2 rings (SSSR count). The van der Waals surface area contributed by atoms with E-state index >= 15 is 0 Å². The molecule has 0 N–H and O–H groups in total. The molecule has 1 aromatic heterocycles. The molecule has 0 aliphatic carbocycles. The standard InChI is InChI=1S/C18H19NO3.C5H12.C2H6.CH3Cl/c1-12-5-9-15-13(11-12)6-7-14(19-15)8-10-16(20)22-17(21)18(2,3)4;1-5(2,3)4;2*1-2/h5-11H,1-4H3;1-4H3;1-2H3;1H3/b10-8+;;;. The van der Waals surface area contributed by atoms with Gasteiger partial charge in [0.25, 0.3) is 0 Å². The lowest BCUT2D eigenvalue weighted by Crippen LogP contribution is -2.25. The molecule has 5 heteroatoms. The summed E-state index contributed by atoms with van der Waals surface area (Å²) in [4.78, 5) is 27.7. The molecule has 0 saturated carbocycles. The van der Waals surface area contributed by atoms with Crippen LogP contribution in [0.3, 0.4) is 0 Å². The second-order valence-electron chi connectivity index (χ2n) is 9.22. The van der Waals surface area contributed by atoms with Gasteiger partial charge in [0.1, 0.15) is 0 Å². The first kappa shape index (κ1) is 31.0. The number of alkyl halides is 1. The number of hydrogen-bond donors (Lipinski definition) is 0. The number of halogens is 1. The van der Waals surface area contributed by atoms with Crippen LogP contribution in [0.5, 0.6) is 0 Å². The lowest BCUT2D eigenvalue weighted by molar-refractivity contribution is -0.162. The fourth-order valence-corrected chi connectivity index (χ4v) is 1.79. The molecule has 2 aromatic rings. The van der Waals surface area contributed by atoms with E-state index in [2.05, 4.69) is 44.3 Å². The quantitative estimate of drug-likeness (QED) is 0.205. The number of aryl methyl sites for hydroxylation is 1. The number of nitrogens with zero attached hydrogens (tertiary/aromatic N) is 1. The van der Waals surface area contributed by atoms with Crippen LogP contribution in [0, 0.1) is 17.8 Å². The summed E-state index contributed by atoms with van der Waals surface area (Å²) in [5, 5.41) is 1.04. The molecule has 1 aromatic carbocycles. The number of ether oxygens (including phenoxy) is 1. The van der Waals surface area contributed by atoms with Crippen molar-refractivity contribution in [2.75, 3.05) is 6.38 Å². The number of carbonyl (C=O) groups excluding carboxylic acids is 2. The van der Waals surface area contributed by atoms with Gasteiger partial charge in [0.2, 0.25) is 0 Å². The molecule has 0 atom stereocenters. The first-order valence-electron chi connectivity index (χ1n) is 10.5. The number of pyridine rings is 1. The molecule has 0 aliphatic rings. The summed E-state index contributed by atoms with van der Waals surface area (Å²) in [6, 6.07) is 9.73. The largest absolute Gasteiger partial charge is 0.389 e. The Balaban J connectivity index is 0. The highest BCUT2D eigenvalue weighted by atomic mass is 35.5. The molecule has 0 saturated heterocycles. The average Bonchev–Trinajstić information content (AvgIpc) is 2.67. The fourth-order valence-electron chi connectivity index (χ4n) is 1.79. The van der Waals surface area contributed by atoms with Crippen molar-refractivity contribution in [3.05, 3.63) is 47.7 Å². The van der Waals surface area contributed by atoms with E-state index in [1.807, 2.05) is 51.1 Å². The molecule has 0 unspecified atom stereocenters. The number of aromatic nitrogens is 1. The summed E-state index contributed by atoms with van der Waals surface area (Å²) in [6.45, 7) is 19.9. The molecule has 1 heterocycles. The van der Waals surface area contributed by atoms with Crippen LogP contribution in [-0.2, 0) is 14.3 Å². The highest BCUT2D eigenvalue weighted by Crippen LogP contribution is 2.16. The molecule has 0 aliphatic heterocycles. The zero-order valence-corrected chi connectivity index (χ0v) is 21.8. The van der Waals surface area contributed by atoms with E-state index in [1.54, 1.807) is 20.8 Å². The maximum absolute atomic E-state index is 11.6. The number of esters is 2. The molecule has 0 amide bonds. The van der Waals surface area contributed by atoms with Gasteiger partial charge in [0.15, 0.2) is 0 Å². The monoisotopic (exact) mass is 449 g/mol.